The number of sulfonamides is 1. The minimum Gasteiger partial charge on any atom is -0.505 e. The van der Waals surface area contributed by atoms with Crippen LogP contribution in [0.2, 0.25) is 0 Å². The Kier molecular flexibility index (Phi) is 5.55. The number of nitrogens with one attached hydrogen (secondary N) is 1. The van der Waals surface area contributed by atoms with Crippen molar-refractivity contribution in [1.82, 2.24) is 9.29 Å². The molecule has 0 bridgehead atoms. The second-order valence-corrected chi connectivity index (χ2v) is 8.14. The topological polar surface area (TPSA) is 109 Å². The Balaban J connectivity index is 1.84. The molecule has 8 nitrogen and oxygen atoms in total. The molecule has 0 saturated heterocycles. The van der Waals surface area contributed by atoms with Gasteiger partial charge in [0.1, 0.15) is 0 Å². The largest absolute Gasteiger partial charge is 0.505 e. The van der Waals surface area contributed by atoms with Crippen molar-refractivity contribution in [1.29, 1.82) is 0 Å². The van der Waals surface area contributed by atoms with Crippen molar-refractivity contribution in [2.45, 2.75) is 24.7 Å². The fourth-order valence-corrected chi connectivity index (χ4v) is 4.13. The van der Waals surface area contributed by atoms with Gasteiger partial charge in [-0.1, -0.05) is 25.5 Å². The van der Waals surface area contributed by atoms with E-state index in [1.54, 1.807) is 24.3 Å². The lowest BCUT2D eigenvalue weighted by atomic mass is 10.1. The highest BCUT2D eigenvalue weighted by Gasteiger charge is 2.37. The molecule has 1 aliphatic rings. The van der Waals surface area contributed by atoms with Crippen LogP contribution in [0.15, 0.2) is 53.2 Å². The van der Waals surface area contributed by atoms with E-state index in [9.17, 15) is 18.3 Å². The standard InChI is InChI=1S/C19H21N3O5S/c1-3-4-11-27-16-10-9-13(12-20-16)21-19(24)17-18(23)14-7-5-6-8-15(14)28(25,26)22(17)2/h5-10,12,23H,3-4,11H2,1-2H3,(H,21,24). The third kappa shape index (κ3) is 3.65. The van der Waals surface area contributed by atoms with Crippen LogP contribution in [0.3, 0.4) is 0 Å². The molecule has 3 rings (SSSR count). The average molecular weight is 403 g/mol. The molecule has 0 radical (unpaired) electrons. The van der Waals surface area contributed by atoms with E-state index < -0.39 is 21.7 Å². The van der Waals surface area contributed by atoms with Crippen LogP contribution in [-0.2, 0) is 14.8 Å². The molecule has 2 aromatic rings. The zero-order valence-corrected chi connectivity index (χ0v) is 16.4. The summed E-state index contributed by atoms with van der Waals surface area (Å²) in [4.78, 5) is 16.7. The van der Waals surface area contributed by atoms with Crippen LogP contribution in [-0.4, -0.2) is 42.4 Å². The van der Waals surface area contributed by atoms with E-state index in [0.717, 1.165) is 17.1 Å². The van der Waals surface area contributed by atoms with E-state index in [1.807, 2.05) is 0 Å². The van der Waals surface area contributed by atoms with E-state index in [-0.39, 0.29) is 16.2 Å². The van der Waals surface area contributed by atoms with Gasteiger partial charge in [0.2, 0.25) is 5.88 Å². The van der Waals surface area contributed by atoms with Crippen LogP contribution in [0, 0.1) is 0 Å². The van der Waals surface area contributed by atoms with Crippen molar-refractivity contribution in [2.24, 2.45) is 0 Å². The molecule has 0 spiro atoms. The monoisotopic (exact) mass is 403 g/mol. The maximum atomic E-state index is 12.7. The smallest absolute Gasteiger partial charge is 0.276 e. The van der Waals surface area contributed by atoms with Crippen LogP contribution in [0.4, 0.5) is 5.69 Å². The number of anilines is 1. The van der Waals surface area contributed by atoms with Gasteiger partial charge < -0.3 is 15.2 Å². The van der Waals surface area contributed by atoms with Crippen molar-refractivity contribution >= 4 is 27.4 Å². The lowest BCUT2D eigenvalue weighted by Crippen LogP contribution is -2.37. The Labute approximate surface area is 163 Å². The number of rotatable bonds is 6. The molecule has 1 amide bonds. The second-order valence-electron chi connectivity index (χ2n) is 6.21. The first-order valence-corrected chi connectivity index (χ1v) is 10.2. The van der Waals surface area contributed by atoms with Crippen molar-refractivity contribution in [3.05, 3.63) is 53.9 Å². The molecule has 9 heteroatoms. The molecular formula is C19H21N3O5S. The summed E-state index contributed by atoms with van der Waals surface area (Å²) in [6.07, 6.45) is 3.32. The summed E-state index contributed by atoms with van der Waals surface area (Å²) in [7, 11) is -2.72. The van der Waals surface area contributed by atoms with E-state index in [0.29, 0.717) is 18.2 Å². The first-order valence-electron chi connectivity index (χ1n) is 8.78. The predicted octanol–water partition coefficient (Wildman–Crippen LogP) is 2.76. The molecule has 0 saturated carbocycles. The van der Waals surface area contributed by atoms with Gasteiger partial charge >= 0.3 is 0 Å². The molecule has 1 aromatic heterocycles. The first kappa shape index (κ1) is 19.7. The number of aliphatic hydroxyl groups excluding tert-OH is 1. The number of benzene rings is 1. The zero-order chi connectivity index (χ0) is 20.3. The summed E-state index contributed by atoms with van der Waals surface area (Å²) in [5.41, 5.74) is 0.0725. The Bertz CT molecular complexity index is 1020. The van der Waals surface area contributed by atoms with Crippen LogP contribution in [0.25, 0.3) is 5.76 Å². The van der Waals surface area contributed by atoms with Gasteiger partial charge in [-0.3, -0.25) is 9.10 Å². The maximum Gasteiger partial charge on any atom is 0.276 e. The minimum atomic E-state index is -3.94. The van der Waals surface area contributed by atoms with E-state index in [2.05, 4.69) is 17.2 Å². The molecule has 0 aliphatic carbocycles. The molecular weight excluding hydrogens is 382 g/mol. The van der Waals surface area contributed by atoms with Crippen molar-refractivity contribution in [3.63, 3.8) is 0 Å². The number of amides is 1. The molecule has 1 aliphatic heterocycles. The molecule has 28 heavy (non-hydrogen) atoms. The number of fused-ring (bicyclic) bond motifs is 1. The Morgan fingerprint density at radius 3 is 2.68 bits per heavy atom. The fraction of sp³-hybridized carbons (Fsp3) is 0.263. The van der Waals surface area contributed by atoms with Gasteiger partial charge in [0.05, 0.1) is 23.4 Å². The highest BCUT2D eigenvalue weighted by atomic mass is 32.2. The number of likely N-dealkylation sites (N-methyl/N-ethyl adjacent to an activating group) is 1. The summed E-state index contributed by atoms with van der Waals surface area (Å²) in [6, 6.07) is 9.18. The number of nitrogens with zero attached hydrogens (tertiary/aromatic N) is 2. The SMILES string of the molecule is CCCCOc1ccc(NC(=O)C2=C(O)c3ccccc3S(=O)(=O)N2C)cn1. The van der Waals surface area contributed by atoms with Gasteiger partial charge in [-0.05, 0) is 24.6 Å². The Morgan fingerprint density at radius 1 is 1.25 bits per heavy atom. The van der Waals surface area contributed by atoms with Crippen LogP contribution >= 0.6 is 0 Å². The number of pyridine rings is 1. The molecule has 0 atom stereocenters. The fourth-order valence-electron chi connectivity index (χ4n) is 2.73. The van der Waals surface area contributed by atoms with Crippen molar-refractivity contribution < 1.29 is 23.1 Å². The van der Waals surface area contributed by atoms with Gasteiger partial charge in [0, 0.05) is 18.7 Å². The normalized spacial score (nSPS) is 15.1. The zero-order valence-electron chi connectivity index (χ0n) is 15.5. The summed E-state index contributed by atoms with van der Waals surface area (Å²) in [5.74, 6) is -0.739. The maximum absolute atomic E-state index is 12.7. The van der Waals surface area contributed by atoms with Gasteiger partial charge in [-0.25, -0.2) is 13.4 Å². The molecule has 2 heterocycles. The number of ether oxygens (including phenoxy) is 1. The number of carbonyl (C=O) groups is 1. The van der Waals surface area contributed by atoms with Gasteiger partial charge in [0.15, 0.2) is 11.5 Å². The Morgan fingerprint density at radius 2 is 2.00 bits per heavy atom. The second kappa shape index (κ2) is 7.89. The molecule has 2 N–H and O–H groups in total. The summed E-state index contributed by atoms with van der Waals surface area (Å²) in [5, 5.41) is 13.1. The van der Waals surface area contributed by atoms with Gasteiger partial charge in [-0.2, -0.15) is 0 Å². The number of aromatic nitrogens is 1. The van der Waals surface area contributed by atoms with Crippen LogP contribution < -0.4 is 10.1 Å². The van der Waals surface area contributed by atoms with E-state index in [1.165, 1.54) is 25.4 Å². The highest BCUT2D eigenvalue weighted by Crippen LogP contribution is 2.34. The number of carbonyl (C=O) groups excluding carboxylic acids is 1. The summed E-state index contributed by atoms with van der Waals surface area (Å²) >= 11 is 0. The molecule has 0 fully saturated rings. The first-order chi connectivity index (χ1) is 13.4. The van der Waals surface area contributed by atoms with E-state index in [4.69, 9.17) is 4.74 Å². The molecule has 148 valence electrons. The third-order valence-electron chi connectivity index (χ3n) is 4.28. The lowest BCUT2D eigenvalue weighted by Gasteiger charge is -2.28. The van der Waals surface area contributed by atoms with Crippen molar-refractivity contribution in [3.8, 4) is 5.88 Å². The number of hydrogen-bond acceptors (Lipinski definition) is 6. The number of hydrogen-bond donors (Lipinski definition) is 2. The number of unbranched alkanes of at least 4 members (excludes halogenated alkanes) is 1. The minimum absolute atomic E-state index is 0.0539. The summed E-state index contributed by atoms with van der Waals surface area (Å²) < 4.78 is 31.6. The van der Waals surface area contributed by atoms with Crippen molar-refractivity contribution in [2.75, 3.05) is 19.0 Å². The van der Waals surface area contributed by atoms with E-state index >= 15 is 0 Å². The highest BCUT2D eigenvalue weighted by molar-refractivity contribution is 7.89. The molecule has 1 aromatic carbocycles. The summed E-state index contributed by atoms with van der Waals surface area (Å²) in [6.45, 7) is 2.61. The third-order valence-corrected chi connectivity index (χ3v) is 6.09. The molecule has 0 unspecified atom stereocenters. The number of aliphatic hydroxyl groups is 1. The van der Waals surface area contributed by atoms with Gasteiger partial charge in [0.25, 0.3) is 15.9 Å². The predicted molar refractivity (Wildman–Crippen MR) is 104 cm³/mol. The Hall–Kier alpha value is -3.07. The van der Waals surface area contributed by atoms with Crippen LogP contribution in [0.1, 0.15) is 25.3 Å². The van der Waals surface area contributed by atoms with Crippen LogP contribution in [0.5, 0.6) is 5.88 Å². The quantitative estimate of drug-likeness (QED) is 0.718. The lowest BCUT2D eigenvalue weighted by molar-refractivity contribution is -0.113. The van der Waals surface area contributed by atoms with Gasteiger partial charge in [-0.15, -0.1) is 0 Å². The average Bonchev–Trinajstić information content (AvgIpc) is 2.68.